The summed E-state index contributed by atoms with van der Waals surface area (Å²) in [5.74, 6) is 0.918. The van der Waals surface area contributed by atoms with Gasteiger partial charge < -0.3 is 15.0 Å². The Balaban J connectivity index is 1.33. The molecule has 7 nitrogen and oxygen atoms in total. The van der Waals surface area contributed by atoms with Crippen LogP contribution in [-0.2, 0) is 27.2 Å². The molecule has 3 aromatic rings. The number of nitrogens with one attached hydrogen (secondary N) is 1. The van der Waals surface area contributed by atoms with Crippen LogP contribution in [0.1, 0.15) is 61.6 Å². The van der Waals surface area contributed by atoms with Crippen molar-refractivity contribution in [2.24, 2.45) is 0 Å². The molecule has 4 rings (SSSR count). The topological polar surface area (TPSA) is 79.0 Å². The minimum absolute atomic E-state index is 0.0296. The van der Waals surface area contributed by atoms with Gasteiger partial charge in [-0.25, -0.2) is 0 Å². The van der Waals surface area contributed by atoms with E-state index in [1.54, 1.807) is 7.11 Å². The average Bonchev–Trinajstić information content (AvgIpc) is 3.00. The summed E-state index contributed by atoms with van der Waals surface area (Å²) in [7, 11) is 1.69. The average molecular weight is 570 g/mol. The highest BCUT2D eigenvalue weighted by atomic mass is 16.5. The molecule has 0 bridgehead atoms. The Morgan fingerprint density at radius 2 is 1.48 bits per heavy atom. The third-order valence-corrected chi connectivity index (χ3v) is 7.87. The molecule has 1 fully saturated rings. The number of hydrogen-bond acceptors (Lipinski definition) is 5. The summed E-state index contributed by atoms with van der Waals surface area (Å²) in [5.41, 5.74) is 3.76. The minimum Gasteiger partial charge on any atom is -0.496 e. The predicted molar refractivity (Wildman–Crippen MR) is 167 cm³/mol. The highest BCUT2D eigenvalue weighted by Crippen LogP contribution is 2.36. The van der Waals surface area contributed by atoms with Crippen LogP contribution in [0.2, 0.25) is 0 Å². The zero-order valence-corrected chi connectivity index (χ0v) is 24.9. The van der Waals surface area contributed by atoms with Crippen LogP contribution in [-0.4, -0.2) is 60.8 Å². The fourth-order valence-corrected chi connectivity index (χ4v) is 5.62. The molecule has 1 heterocycles. The van der Waals surface area contributed by atoms with Crippen molar-refractivity contribution in [2.75, 3.05) is 38.6 Å². The number of benzene rings is 3. The number of methoxy groups -OCH3 is 1. The molecule has 3 amide bonds. The number of ether oxygens (including phenoxy) is 1. The zero-order chi connectivity index (χ0) is 29.7. The van der Waals surface area contributed by atoms with E-state index in [2.05, 4.69) is 16.3 Å². The summed E-state index contributed by atoms with van der Waals surface area (Å²) in [6, 6.07) is 25.1. The minimum atomic E-state index is -0.154. The van der Waals surface area contributed by atoms with Crippen molar-refractivity contribution < 1.29 is 19.1 Å². The van der Waals surface area contributed by atoms with Crippen molar-refractivity contribution in [2.45, 2.75) is 57.8 Å². The van der Waals surface area contributed by atoms with Gasteiger partial charge in [-0.2, -0.15) is 0 Å². The number of piperidine rings is 1. The summed E-state index contributed by atoms with van der Waals surface area (Å²) < 4.78 is 5.66. The van der Waals surface area contributed by atoms with E-state index in [0.29, 0.717) is 18.9 Å². The van der Waals surface area contributed by atoms with Gasteiger partial charge in [-0.15, -0.1) is 0 Å². The Bertz CT molecular complexity index is 1250. The number of rotatable bonds is 13. The first-order chi connectivity index (χ1) is 20.5. The molecule has 3 aromatic carbocycles. The van der Waals surface area contributed by atoms with Crippen LogP contribution >= 0.6 is 0 Å². The smallest absolute Gasteiger partial charge is 0.233 e. The van der Waals surface area contributed by atoms with Crippen molar-refractivity contribution in [3.05, 3.63) is 95.6 Å². The van der Waals surface area contributed by atoms with E-state index in [0.717, 1.165) is 73.4 Å². The summed E-state index contributed by atoms with van der Waals surface area (Å²) in [5, 5.41) is 3.00. The van der Waals surface area contributed by atoms with Crippen molar-refractivity contribution in [3.63, 3.8) is 0 Å². The lowest BCUT2D eigenvalue weighted by atomic mass is 9.88. The molecule has 0 spiro atoms. The van der Waals surface area contributed by atoms with E-state index in [1.165, 1.54) is 4.90 Å². The van der Waals surface area contributed by atoms with Crippen molar-refractivity contribution >= 4 is 23.4 Å². The largest absolute Gasteiger partial charge is 0.496 e. The van der Waals surface area contributed by atoms with Gasteiger partial charge in [0.05, 0.1) is 20.0 Å². The normalized spacial score (nSPS) is 13.9. The van der Waals surface area contributed by atoms with E-state index < -0.39 is 0 Å². The molecule has 0 aliphatic carbocycles. The number of anilines is 1. The number of imide groups is 1. The number of hydrogen-bond donors (Lipinski definition) is 1. The third-order valence-electron chi connectivity index (χ3n) is 7.87. The van der Waals surface area contributed by atoms with E-state index in [1.807, 2.05) is 79.7 Å². The van der Waals surface area contributed by atoms with Gasteiger partial charge in [0.15, 0.2) is 0 Å². The molecule has 0 radical (unpaired) electrons. The van der Waals surface area contributed by atoms with Crippen molar-refractivity contribution in [1.29, 1.82) is 0 Å². The molecule has 1 aliphatic heterocycles. The highest BCUT2D eigenvalue weighted by molar-refractivity contribution is 5.97. The fourth-order valence-electron chi connectivity index (χ4n) is 5.62. The van der Waals surface area contributed by atoms with Crippen LogP contribution in [0.15, 0.2) is 78.9 Å². The van der Waals surface area contributed by atoms with Crippen LogP contribution in [0.5, 0.6) is 5.75 Å². The Labute approximate surface area is 249 Å². The van der Waals surface area contributed by atoms with Gasteiger partial charge in [0, 0.05) is 18.7 Å². The highest BCUT2D eigenvalue weighted by Gasteiger charge is 2.25. The molecular formula is C35H43N3O4. The molecule has 42 heavy (non-hydrogen) atoms. The standard InChI is InChI=1S/C35H43N3O4/c1-3-11-33(39)36-30-16-17-32(42-2)31(26-30)29-18-22-37(23-19-29)20-10-21-38(34(40)24-27-12-6-4-7-13-27)35(41)25-28-14-8-5-9-15-28/h4-9,12-17,26,29H,3,10-11,18-25H2,1-2H3,(H,36,39). The van der Waals surface area contributed by atoms with E-state index in [4.69, 9.17) is 4.74 Å². The summed E-state index contributed by atoms with van der Waals surface area (Å²) >= 11 is 0. The molecular weight excluding hydrogens is 526 g/mol. The molecule has 0 aromatic heterocycles. The summed E-state index contributed by atoms with van der Waals surface area (Å²) in [4.78, 5) is 42.5. The maximum atomic E-state index is 13.3. The second-order valence-corrected chi connectivity index (χ2v) is 11.0. The Hall–Kier alpha value is -3.97. The van der Waals surface area contributed by atoms with Gasteiger partial charge in [-0.1, -0.05) is 67.6 Å². The molecule has 0 unspecified atom stereocenters. The lowest BCUT2D eigenvalue weighted by Crippen LogP contribution is -2.41. The monoisotopic (exact) mass is 569 g/mol. The van der Waals surface area contributed by atoms with Gasteiger partial charge >= 0.3 is 0 Å². The van der Waals surface area contributed by atoms with Crippen molar-refractivity contribution in [1.82, 2.24) is 9.80 Å². The van der Waals surface area contributed by atoms with Crippen LogP contribution in [0.3, 0.4) is 0 Å². The number of carbonyl (C=O) groups is 3. The van der Waals surface area contributed by atoms with E-state index in [9.17, 15) is 14.4 Å². The summed E-state index contributed by atoms with van der Waals surface area (Å²) in [6.45, 7) is 5.08. The first kappa shape index (κ1) is 31.0. The molecule has 0 saturated carbocycles. The lowest BCUT2D eigenvalue weighted by Gasteiger charge is -2.33. The first-order valence-electron chi connectivity index (χ1n) is 15.1. The molecule has 7 heteroatoms. The second kappa shape index (κ2) is 15.9. The third kappa shape index (κ3) is 9.02. The molecule has 1 aliphatic rings. The Kier molecular flexibility index (Phi) is 11.7. The zero-order valence-electron chi connectivity index (χ0n) is 24.9. The predicted octanol–water partition coefficient (Wildman–Crippen LogP) is 5.84. The number of likely N-dealkylation sites (tertiary alicyclic amines) is 1. The molecule has 1 saturated heterocycles. The SMILES string of the molecule is CCCC(=O)Nc1ccc(OC)c(C2CCN(CCCN(C(=O)Cc3ccccc3)C(=O)Cc3ccccc3)CC2)c1. The van der Waals surface area contributed by atoms with Gasteiger partial charge in [0.1, 0.15) is 5.75 Å². The van der Waals surface area contributed by atoms with Crippen LogP contribution in [0.25, 0.3) is 0 Å². The lowest BCUT2D eigenvalue weighted by molar-refractivity contribution is -0.144. The second-order valence-electron chi connectivity index (χ2n) is 11.0. The summed E-state index contributed by atoms with van der Waals surface area (Å²) in [6.07, 6.45) is 4.44. The van der Waals surface area contributed by atoms with Crippen LogP contribution in [0.4, 0.5) is 5.69 Å². The first-order valence-corrected chi connectivity index (χ1v) is 15.1. The molecule has 222 valence electrons. The fraction of sp³-hybridized carbons (Fsp3) is 0.400. The van der Waals surface area contributed by atoms with E-state index >= 15 is 0 Å². The van der Waals surface area contributed by atoms with E-state index in [-0.39, 0.29) is 30.6 Å². The van der Waals surface area contributed by atoms with Crippen LogP contribution < -0.4 is 10.1 Å². The van der Waals surface area contributed by atoms with Gasteiger partial charge in [-0.05, 0) is 86.1 Å². The Morgan fingerprint density at radius 3 is 2.02 bits per heavy atom. The maximum Gasteiger partial charge on any atom is 0.233 e. The molecule has 0 atom stereocenters. The van der Waals surface area contributed by atoms with Gasteiger partial charge in [0.25, 0.3) is 0 Å². The number of nitrogens with zero attached hydrogens (tertiary/aromatic N) is 2. The van der Waals surface area contributed by atoms with Gasteiger partial charge in [0.2, 0.25) is 17.7 Å². The van der Waals surface area contributed by atoms with Crippen molar-refractivity contribution in [3.8, 4) is 5.75 Å². The van der Waals surface area contributed by atoms with Crippen LogP contribution in [0, 0.1) is 0 Å². The Morgan fingerprint density at radius 1 is 0.881 bits per heavy atom. The quantitative estimate of drug-likeness (QED) is 0.280. The maximum absolute atomic E-state index is 13.3. The number of carbonyl (C=O) groups excluding carboxylic acids is 3. The molecule has 1 N–H and O–H groups in total. The number of amides is 3. The van der Waals surface area contributed by atoms with Gasteiger partial charge in [-0.3, -0.25) is 19.3 Å².